The van der Waals surface area contributed by atoms with Gasteiger partial charge in [-0.2, -0.15) is 5.10 Å². The molecule has 1 unspecified atom stereocenters. The molecule has 0 spiro atoms. The van der Waals surface area contributed by atoms with E-state index < -0.39 is 5.54 Å². The van der Waals surface area contributed by atoms with Gasteiger partial charge in [0.05, 0.1) is 5.54 Å². The van der Waals surface area contributed by atoms with Crippen LogP contribution in [0.2, 0.25) is 0 Å². The number of amides is 1. The second-order valence-electron chi connectivity index (χ2n) is 3.62. The smallest absolute Gasteiger partial charge is 0.237 e. The lowest BCUT2D eigenvalue weighted by Gasteiger charge is -2.26. The summed E-state index contributed by atoms with van der Waals surface area (Å²) in [5.74, 6) is 0.425. The maximum absolute atomic E-state index is 11.3. The monoisotopic (exact) mass is 243 g/mol. The van der Waals surface area contributed by atoms with Crippen molar-refractivity contribution in [3.8, 4) is 0 Å². The van der Waals surface area contributed by atoms with Gasteiger partial charge < -0.3 is 11.1 Å². The standard InChI is InChI=1S/C9H17N5OS/c1-3-12-9(2,7(10)15)4-5-16-8-11-6-13-14-8/h6,12H,3-5H2,1-2H3,(H2,10,15)(H,11,13,14). The summed E-state index contributed by atoms with van der Waals surface area (Å²) in [6.07, 6.45) is 2.11. The third-order valence-electron chi connectivity index (χ3n) is 2.34. The number of nitrogens with one attached hydrogen (secondary N) is 2. The zero-order chi connectivity index (χ0) is 12.0. The molecule has 7 heteroatoms. The Labute approximate surface area is 98.8 Å². The second-order valence-corrected chi connectivity index (χ2v) is 4.70. The summed E-state index contributed by atoms with van der Waals surface area (Å²) in [6, 6.07) is 0. The average molecular weight is 243 g/mol. The van der Waals surface area contributed by atoms with Crippen LogP contribution in [0.5, 0.6) is 0 Å². The van der Waals surface area contributed by atoms with Crippen LogP contribution in [0.1, 0.15) is 20.3 Å². The van der Waals surface area contributed by atoms with Crippen molar-refractivity contribution in [2.45, 2.75) is 31.0 Å². The van der Waals surface area contributed by atoms with Gasteiger partial charge in [-0.25, -0.2) is 4.98 Å². The largest absolute Gasteiger partial charge is 0.368 e. The Morgan fingerprint density at radius 2 is 2.50 bits per heavy atom. The molecular weight excluding hydrogens is 226 g/mol. The van der Waals surface area contributed by atoms with Crippen LogP contribution in [0.3, 0.4) is 0 Å². The molecule has 0 aliphatic rings. The van der Waals surface area contributed by atoms with E-state index in [9.17, 15) is 4.79 Å². The lowest BCUT2D eigenvalue weighted by Crippen LogP contribution is -2.53. The third-order valence-corrected chi connectivity index (χ3v) is 3.22. The normalized spacial score (nSPS) is 14.6. The highest BCUT2D eigenvalue weighted by Gasteiger charge is 2.29. The summed E-state index contributed by atoms with van der Waals surface area (Å²) in [4.78, 5) is 15.3. The van der Waals surface area contributed by atoms with Crippen molar-refractivity contribution < 1.29 is 4.79 Å². The van der Waals surface area contributed by atoms with Crippen molar-refractivity contribution in [2.24, 2.45) is 5.73 Å². The Morgan fingerprint density at radius 3 is 3.00 bits per heavy atom. The summed E-state index contributed by atoms with van der Waals surface area (Å²) < 4.78 is 0. The molecule has 0 aliphatic carbocycles. The SMILES string of the molecule is CCNC(C)(CCSc1ncn[nH]1)C(N)=O. The molecule has 4 N–H and O–H groups in total. The van der Waals surface area contributed by atoms with Gasteiger partial charge in [0.15, 0.2) is 5.16 Å². The number of carbonyl (C=O) groups excluding carboxylic acids is 1. The van der Waals surface area contributed by atoms with Gasteiger partial charge in [0, 0.05) is 5.75 Å². The van der Waals surface area contributed by atoms with Gasteiger partial charge in [0.25, 0.3) is 0 Å². The lowest BCUT2D eigenvalue weighted by atomic mass is 9.98. The van der Waals surface area contributed by atoms with Crippen molar-refractivity contribution in [2.75, 3.05) is 12.3 Å². The van der Waals surface area contributed by atoms with E-state index in [0.717, 1.165) is 10.9 Å². The molecule has 0 saturated carbocycles. The van der Waals surface area contributed by atoms with E-state index in [4.69, 9.17) is 5.73 Å². The molecule has 0 aromatic carbocycles. The first-order valence-electron chi connectivity index (χ1n) is 5.11. The fraction of sp³-hybridized carbons (Fsp3) is 0.667. The summed E-state index contributed by atoms with van der Waals surface area (Å²) in [7, 11) is 0. The molecule has 1 aromatic rings. The molecule has 1 amide bonds. The minimum atomic E-state index is -0.651. The van der Waals surface area contributed by atoms with Gasteiger partial charge in [0.2, 0.25) is 5.91 Å². The molecule has 1 heterocycles. The maximum atomic E-state index is 11.3. The number of rotatable bonds is 7. The molecule has 16 heavy (non-hydrogen) atoms. The predicted molar refractivity (Wildman–Crippen MR) is 63.0 cm³/mol. The van der Waals surface area contributed by atoms with Gasteiger partial charge in [-0.15, -0.1) is 0 Å². The number of nitrogens with two attached hydrogens (primary N) is 1. The second kappa shape index (κ2) is 5.86. The topological polar surface area (TPSA) is 96.7 Å². The number of hydrogen-bond acceptors (Lipinski definition) is 5. The zero-order valence-corrected chi connectivity index (χ0v) is 10.3. The van der Waals surface area contributed by atoms with E-state index in [1.165, 1.54) is 18.1 Å². The molecular formula is C9H17N5OS. The van der Waals surface area contributed by atoms with E-state index in [1.54, 1.807) is 0 Å². The summed E-state index contributed by atoms with van der Waals surface area (Å²) in [5.41, 5.74) is 4.72. The number of aromatic nitrogens is 3. The Kier molecular flexibility index (Phi) is 4.75. The van der Waals surface area contributed by atoms with E-state index in [-0.39, 0.29) is 5.91 Å². The van der Waals surface area contributed by atoms with Crippen molar-refractivity contribution in [1.82, 2.24) is 20.5 Å². The minimum Gasteiger partial charge on any atom is -0.368 e. The van der Waals surface area contributed by atoms with Crippen LogP contribution in [-0.2, 0) is 4.79 Å². The van der Waals surface area contributed by atoms with Crippen molar-refractivity contribution in [3.05, 3.63) is 6.33 Å². The molecule has 0 radical (unpaired) electrons. The lowest BCUT2D eigenvalue weighted by molar-refractivity contribution is -0.123. The first-order chi connectivity index (χ1) is 7.58. The number of thioether (sulfide) groups is 1. The van der Waals surface area contributed by atoms with Gasteiger partial charge in [-0.05, 0) is 19.9 Å². The van der Waals surface area contributed by atoms with Crippen LogP contribution >= 0.6 is 11.8 Å². The van der Waals surface area contributed by atoms with Crippen LogP contribution in [0.4, 0.5) is 0 Å². The Hall–Kier alpha value is -1.08. The third kappa shape index (κ3) is 3.49. The van der Waals surface area contributed by atoms with Gasteiger partial charge in [-0.3, -0.25) is 9.89 Å². The van der Waals surface area contributed by atoms with Crippen LogP contribution in [0, 0.1) is 0 Å². The van der Waals surface area contributed by atoms with E-state index in [0.29, 0.717) is 13.0 Å². The number of likely N-dealkylation sites (N-methyl/N-ethyl adjacent to an activating group) is 1. The fourth-order valence-corrected chi connectivity index (χ4v) is 2.25. The summed E-state index contributed by atoms with van der Waals surface area (Å²) in [5, 5.41) is 10.4. The molecule has 1 rings (SSSR count). The van der Waals surface area contributed by atoms with Gasteiger partial charge in [0.1, 0.15) is 6.33 Å². The quantitative estimate of drug-likeness (QED) is 0.592. The van der Waals surface area contributed by atoms with E-state index in [2.05, 4.69) is 20.5 Å². The molecule has 0 bridgehead atoms. The Balaban J connectivity index is 2.41. The van der Waals surface area contributed by atoms with Crippen LogP contribution in [-0.4, -0.2) is 38.9 Å². The molecule has 6 nitrogen and oxygen atoms in total. The highest BCUT2D eigenvalue weighted by Crippen LogP contribution is 2.18. The maximum Gasteiger partial charge on any atom is 0.237 e. The number of H-pyrrole nitrogens is 1. The first-order valence-corrected chi connectivity index (χ1v) is 6.10. The fourth-order valence-electron chi connectivity index (χ4n) is 1.30. The molecule has 0 saturated heterocycles. The highest BCUT2D eigenvalue weighted by atomic mass is 32.2. The Bertz CT molecular complexity index is 329. The van der Waals surface area contributed by atoms with Crippen molar-refractivity contribution >= 4 is 17.7 Å². The first kappa shape index (κ1) is 13.0. The number of aromatic amines is 1. The number of hydrogen-bond donors (Lipinski definition) is 3. The Morgan fingerprint density at radius 1 is 1.75 bits per heavy atom. The summed E-state index contributed by atoms with van der Waals surface area (Å²) >= 11 is 1.52. The molecule has 90 valence electrons. The van der Waals surface area contributed by atoms with Crippen molar-refractivity contribution in [1.29, 1.82) is 0 Å². The minimum absolute atomic E-state index is 0.326. The van der Waals surface area contributed by atoms with Gasteiger partial charge in [-0.1, -0.05) is 18.7 Å². The van der Waals surface area contributed by atoms with E-state index >= 15 is 0 Å². The zero-order valence-electron chi connectivity index (χ0n) is 9.49. The number of primary amides is 1. The summed E-state index contributed by atoms with van der Waals surface area (Å²) in [6.45, 7) is 4.48. The van der Waals surface area contributed by atoms with Crippen LogP contribution in [0.25, 0.3) is 0 Å². The molecule has 1 aromatic heterocycles. The highest BCUT2D eigenvalue weighted by molar-refractivity contribution is 7.99. The van der Waals surface area contributed by atoms with Crippen LogP contribution in [0.15, 0.2) is 11.5 Å². The molecule has 1 atom stereocenters. The van der Waals surface area contributed by atoms with E-state index in [1.807, 2.05) is 13.8 Å². The number of nitrogens with zero attached hydrogens (tertiary/aromatic N) is 2. The van der Waals surface area contributed by atoms with Crippen LogP contribution < -0.4 is 11.1 Å². The molecule has 0 aliphatic heterocycles. The average Bonchev–Trinajstić information content (AvgIpc) is 2.70. The molecule has 0 fully saturated rings. The predicted octanol–water partition coefficient (Wildman–Crippen LogP) is 0.140. The number of carbonyl (C=O) groups is 1. The van der Waals surface area contributed by atoms with Crippen molar-refractivity contribution in [3.63, 3.8) is 0 Å². The van der Waals surface area contributed by atoms with Gasteiger partial charge >= 0.3 is 0 Å².